The summed E-state index contributed by atoms with van der Waals surface area (Å²) in [6.07, 6.45) is 1.49. The van der Waals surface area contributed by atoms with Crippen molar-refractivity contribution >= 4 is 54.9 Å². The van der Waals surface area contributed by atoms with Crippen LogP contribution in [0.5, 0.6) is 5.75 Å². The molecule has 7 nitrogen and oxygen atoms in total. The summed E-state index contributed by atoms with van der Waals surface area (Å²) in [5.74, 6) is -0.00797. The second-order valence-corrected chi connectivity index (χ2v) is 9.94. The van der Waals surface area contributed by atoms with Crippen molar-refractivity contribution in [3.05, 3.63) is 52.5 Å². The van der Waals surface area contributed by atoms with Crippen LogP contribution in [0.2, 0.25) is 0 Å². The molecular weight excluding hydrogens is 502 g/mol. The Balaban J connectivity index is 2.08. The first-order valence-corrected chi connectivity index (χ1v) is 12.4. The monoisotopic (exact) mass is 527 g/mol. The summed E-state index contributed by atoms with van der Waals surface area (Å²) in [7, 11) is -2.07. The zero-order valence-electron chi connectivity index (χ0n) is 17.6. The molecule has 2 rings (SSSR count). The number of carbonyl (C=O) groups is 1. The van der Waals surface area contributed by atoms with Crippen LogP contribution in [-0.2, 0) is 10.0 Å². The van der Waals surface area contributed by atoms with Crippen LogP contribution in [0.15, 0.2) is 51.8 Å². The zero-order valence-corrected chi connectivity index (χ0v) is 20.9. The van der Waals surface area contributed by atoms with Gasteiger partial charge in [0.15, 0.2) is 5.11 Å². The van der Waals surface area contributed by atoms with Gasteiger partial charge in [-0.3, -0.25) is 10.1 Å². The molecule has 0 fully saturated rings. The van der Waals surface area contributed by atoms with Crippen LogP contribution in [0.3, 0.4) is 0 Å². The molecule has 0 unspecified atom stereocenters. The summed E-state index contributed by atoms with van der Waals surface area (Å²) in [6, 6.07) is 11.4. The third-order valence-electron chi connectivity index (χ3n) is 4.33. The van der Waals surface area contributed by atoms with Gasteiger partial charge in [0, 0.05) is 23.2 Å². The van der Waals surface area contributed by atoms with E-state index < -0.39 is 15.9 Å². The average Bonchev–Trinajstić information content (AvgIpc) is 2.73. The molecular formula is C21H26BrN3O4S2. The maximum atomic E-state index is 12.8. The highest BCUT2D eigenvalue weighted by atomic mass is 79.9. The Morgan fingerprint density at radius 1 is 1.10 bits per heavy atom. The Morgan fingerprint density at radius 3 is 2.26 bits per heavy atom. The number of anilines is 1. The molecule has 0 aliphatic carbocycles. The van der Waals surface area contributed by atoms with Gasteiger partial charge in [-0.2, -0.15) is 4.31 Å². The summed E-state index contributed by atoms with van der Waals surface area (Å²) >= 11 is 8.55. The highest BCUT2D eigenvalue weighted by molar-refractivity contribution is 9.10. The van der Waals surface area contributed by atoms with Crippen LogP contribution in [0.4, 0.5) is 5.69 Å². The highest BCUT2D eigenvalue weighted by Gasteiger charge is 2.23. The SMILES string of the molecule is CCCN(CCC)S(=O)(=O)c1ccc(NC(=S)NC(=O)c2cc(Br)ccc2OC)cc1. The van der Waals surface area contributed by atoms with Crippen molar-refractivity contribution in [3.63, 3.8) is 0 Å². The van der Waals surface area contributed by atoms with Crippen molar-refractivity contribution in [3.8, 4) is 5.75 Å². The number of thiocarbonyl (C=S) groups is 1. The first-order chi connectivity index (χ1) is 14.7. The third-order valence-corrected chi connectivity index (χ3v) is 6.94. The number of hydrogen-bond acceptors (Lipinski definition) is 5. The fourth-order valence-electron chi connectivity index (χ4n) is 2.90. The Hall–Kier alpha value is -2.01. The van der Waals surface area contributed by atoms with E-state index in [4.69, 9.17) is 17.0 Å². The van der Waals surface area contributed by atoms with Crippen LogP contribution >= 0.6 is 28.1 Å². The summed E-state index contributed by atoms with van der Waals surface area (Å²) in [4.78, 5) is 12.8. The van der Waals surface area contributed by atoms with E-state index >= 15 is 0 Å². The molecule has 0 heterocycles. The smallest absolute Gasteiger partial charge is 0.261 e. The van der Waals surface area contributed by atoms with E-state index in [0.29, 0.717) is 30.1 Å². The number of amides is 1. The highest BCUT2D eigenvalue weighted by Crippen LogP contribution is 2.23. The predicted octanol–water partition coefficient (Wildman–Crippen LogP) is 4.40. The standard InChI is InChI=1S/C21H26BrN3O4S2/c1-4-12-25(13-5-2)31(27,28)17-9-7-16(8-10-17)23-21(30)24-20(26)18-14-15(22)6-11-19(18)29-3/h6-11,14H,4-5,12-13H2,1-3H3,(H2,23,24,26,30). The maximum absolute atomic E-state index is 12.8. The number of sulfonamides is 1. The van der Waals surface area contributed by atoms with Gasteiger partial charge in [-0.25, -0.2) is 8.42 Å². The summed E-state index contributed by atoms with van der Waals surface area (Å²) in [5, 5.41) is 5.57. The fraction of sp³-hybridized carbons (Fsp3) is 0.333. The molecule has 0 bridgehead atoms. The minimum absolute atomic E-state index is 0.0845. The first kappa shape index (κ1) is 25.3. The van der Waals surface area contributed by atoms with Crippen LogP contribution in [-0.4, -0.2) is 43.9 Å². The number of nitrogens with zero attached hydrogens (tertiary/aromatic N) is 1. The molecule has 2 aromatic rings. The van der Waals surface area contributed by atoms with Crippen molar-refractivity contribution in [1.29, 1.82) is 0 Å². The number of rotatable bonds is 9. The molecule has 2 aromatic carbocycles. The molecule has 0 radical (unpaired) electrons. The normalized spacial score (nSPS) is 11.3. The molecule has 0 atom stereocenters. The molecule has 0 saturated carbocycles. The Labute approximate surface area is 197 Å². The van der Waals surface area contributed by atoms with Crippen LogP contribution in [0, 0.1) is 0 Å². The first-order valence-electron chi connectivity index (χ1n) is 9.79. The summed E-state index contributed by atoms with van der Waals surface area (Å²) in [6.45, 7) is 4.85. The van der Waals surface area contributed by atoms with Crippen molar-refractivity contribution in [2.24, 2.45) is 0 Å². The van der Waals surface area contributed by atoms with E-state index in [-0.39, 0.29) is 10.0 Å². The summed E-state index contributed by atoms with van der Waals surface area (Å²) in [5.41, 5.74) is 0.886. The maximum Gasteiger partial charge on any atom is 0.261 e. The van der Waals surface area contributed by atoms with Gasteiger partial charge in [-0.1, -0.05) is 29.8 Å². The van der Waals surface area contributed by atoms with Crippen molar-refractivity contribution < 1.29 is 17.9 Å². The lowest BCUT2D eigenvalue weighted by atomic mass is 10.2. The van der Waals surface area contributed by atoms with Gasteiger partial charge in [0.25, 0.3) is 5.91 Å². The van der Waals surface area contributed by atoms with E-state index in [1.54, 1.807) is 30.3 Å². The zero-order chi connectivity index (χ0) is 23.0. The molecule has 31 heavy (non-hydrogen) atoms. The predicted molar refractivity (Wildman–Crippen MR) is 130 cm³/mol. The second kappa shape index (κ2) is 11.6. The second-order valence-electron chi connectivity index (χ2n) is 6.68. The van der Waals surface area contributed by atoms with E-state index in [0.717, 1.165) is 17.3 Å². The van der Waals surface area contributed by atoms with Crippen LogP contribution < -0.4 is 15.4 Å². The van der Waals surface area contributed by atoms with Gasteiger partial charge in [0.1, 0.15) is 5.75 Å². The lowest BCUT2D eigenvalue weighted by molar-refractivity contribution is 0.0974. The average molecular weight is 528 g/mol. The summed E-state index contributed by atoms with van der Waals surface area (Å²) < 4.78 is 33.1. The Bertz CT molecular complexity index is 1020. The third kappa shape index (κ3) is 6.73. The number of benzene rings is 2. The molecule has 0 spiro atoms. The molecule has 0 aromatic heterocycles. The van der Waals surface area contributed by atoms with Crippen molar-refractivity contribution in [2.45, 2.75) is 31.6 Å². The Kier molecular flexibility index (Phi) is 9.42. The Morgan fingerprint density at radius 2 is 1.71 bits per heavy atom. The van der Waals surface area contributed by atoms with Gasteiger partial charge in [0.2, 0.25) is 10.0 Å². The largest absolute Gasteiger partial charge is 0.496 e. The van der Waals surface area contributed by atoms with E-state index in [1.165, 1.54) is 23.5 Å². The van der Waals surface area contributed by atoms with Crippen molar-refractivity contribution in [2.75, 3.05) is 25.5 Å². The minimum Gasteiger partial charge on any atom is -0.496 e. The fourth-order valence-corrected chi connectivity index (χ4v) is 5.10. The molecule has 1 amide bonds. The minimum atomic E-state index is -3.55. The molecule has 10 heteroatoms. The number of nitrogens with one attached hydrogen (secondary N) is 2. The van der Waals surface area contributed by atoms with Gasteiger partial charge in [-0.05, 0) is 67.5 Å². The van der Waals surface area contributed by atoms with Gasteiger partial charge >= 0.3 is 0 Å². The lowest BCUT2D eigenvalue weighted by Gasteiger charge is -2.21. The number of hydrogen-bond donors (Lipinski definition) is 2. The van der Waals surface area contributed by atoms with E-state index in [1.807, 2.05) is 13.8 Å². The number of halogens is 1. The molecule has 0 aliphatic heterocycles. The van der Waals surface area contributed by atoms with Crippen LogP contribution in [0.25, 0.3) is 0 Å². The number of methoxy groups -OCH3 is 1. The van der Waals surface area contributed by atoms with Gasteiger partial charge < -0.3 is 10.1 Å². The number of carbonyl (C=O) groups excluding carboxylic acids is 1. The van der Waals surface area contributed by atoms with Gasteiger partial charge in [-0.15, -0.1) is 0 Å². The molecule has 0 saturated heterocycles. The van der Waals surface area contributed by atoms with E-state index in [9.17, 15) is 13.2 Å². The number of ether oxygens (including phenoxy) is 1. The quantitative estimate of drug-likeness (QED) is 0.470. The van der Waals surface area contributed by atoms with E-state index in [2.05, 4.69) is 26.6 Å². The molecule has 0 aliphatic rings. The van der Waals surface area contributed by atoms with Crippen molar-refractivity contribution in [1.82, 2.24) is 9.62 Å². The topological polar surface area (TPSA) is 87.7 Å². The van der Waals surface area contributed by atoms with Gasteiger partial charge in [0.05, 0.1) is 17.6 Å². The lowest BCUT2D eigenvalue weighted by Crippen LogP contribution is -2.34. The molecule has 2 N–H and O–H groups in total. The molecule has 168 valence electrons. The van der Waals surface area contributed by atoms with Crippen LogP contribution in [0.1, 0.15) is 37.0 Å².